The smallest absolute Gasteiger partial charge is 0.123 e. The van der Waals surface area contributed by atoms with Crippen LogP contribution in [-0.4, -0.2) is 56.6 Å². The minimum absolute atomic E-state index is 0.175. The molecule has 1 fully saturated rings. The van der Waals surface area contributed by atoms with Gasteiger partial charge in [-0.3, -0.25) is 4.90 Å². The van der Waals surface area contributed by atoms with Crippen LogP contribution in [0, 0.1) is 5.82 Å². The summed E-state index contributed by atoms with van der Waals surface area (Å²) < 4.78 is 13.0. The number of piperazine rings is 1. The maximum absolute atomic E-state index is 13.0. The zero-order chi connectivity index (χ0) is 13.1. The fourth-order valence-electron chi connectivity index (χ4n) is 2.70. The molecule has 2 atom stereocenters. The molecule has 1 aliphatic rings. The molecule has 4 heteroatoms. The predicted octanol–water partition coefficient (Wildman–Crippen LogP) is 1.33. The van der Waals surface area contributed by atoms with Crippen LogP contribution in [-0.2, 0) is 0 Å². The minimum Gasteiger partial charge on any atom is -0.314 e. The van der Waals surface area contributed by atoms with Gasteiger partial charge in [-0.15, -0.1) is 0 Å². The van der Waals surface area contributed by atoms with E-state index in [2.05, 4.69) is 36.3 Å². The van der Waals surface area contributed by atoms with Gasteiger partial charge < -0.3 is 10.2 Å². The second kappa shape index (κ2) is 5.78. The Bertz CT molecular complexity index is 377. The van der Waals surface area contributed by atoms with Gasteiger partial charge >= 0.3 is 0 Å². The summed E-state index contributed by atoms with van der Waals surface area (Å²) in [5.41, 5.74) is 1.17. The van der Waals surface area contributed by atoms with Gasteiger partial charge in [0.15, 0.2) is 0 Å². The summed E-state index contributed by atoms with van der Waals surface area (Å²) in [6.07, 6.45) is 0. The second-order valence-electron chi connectivity index (χ2n) is 5.21. The fourth-order valence-corrected chi connectivity index (χ4v) is 2.70. The zero-order valence-corrected chi connectivity index (χ0v) is 11.4. The van der Waals surface area contributed by atoms with Gasteiger partial charge in [-0.1, -0.05) is 12.1 Å². The molecule has 1 aliphatic heterocycles. The summed E-state index contributed by atoms with van der Waals surface area (Å²) in [7, 11) is 6.32. The number of hydrogen-bond donors (Lipinski definition) is 1. The first-order chi connectivity index (χ1) is 8.59. The lowest BCUT2D eigenvalue weighted by Gasteiger charge is -2.41. The van der Waals surface area contributed by atoms with Gasteiger partial charge in [-0.05, 0) is 38.8 Å². The molecule has 18 heavy (non-hydrogen) atoms. The highest BCUT2D eigenvalue weighted by Gasteiger charge is 2.30. The molecule has 0 amide bonds. The summed E-state index contributed by atoms with van der Waals surface area (Å²) in [4.78, 5) is 4.59. The average molecular weight is 251 g/mol. The van der Waals surface area contributed by atoms with E-state index in [9.17, 15) is 4.39 Å². The minimum atomic E-state index is -0.175. The molecule has 2 unspecified atom stereocenters. The topological polar surface area (TPSA) is 18.5 Å². The van der Waals surface area contributed by atoms with Crippen molar-refractivity contribution in [3.8, 4) is 0 Å². The molecule has 0 saturated carbocycles. The van der Waals surface area contributed by atoms with E-state index in [-0.39, 0.29) is 11.9 Å². The number of benzene rings is 1. The Morgan fingerprint density at radius 2 is 2.00 bits per heavy atom. The molecule has 0 aliphatic carbocycles. The lowest BCUT2D eigenvalue weighted by Crippen LogP contribution is -2.54. The number of halogens is 1. The number of nitrogens with one attached hydrogen (secondary N) is 1. The highest BCUT2D eigenvalue weighted by atomic mass is 19.1. The van der Waals surface area contributed by atoms with E-state index < -0.39 is 0 Å². The number of likely N-dealkylation sites (N-methyl/N-ethyl adjacent to an activating group) is 2. The standard InChI is InChI=1S/C14H22FN3/c1-17(2)14(11-4-6-12(15)7-5-11)13-10-16-8-9-18(13)3/h4-7,13-14,16H,8-10H2,1-3H3. The third-order valence-corrected chi connectivity index (χ3v) is 3.69. The van der Waals surface area contributed by atoms with E-state index in [4.69, 9.17) is 0 Å². The molecule has 1 aromatic carbocycles. The Balaban J connectivity index is 2.24. The SMILES string of the molecule is CN(C)C(c1ccc(F)cc1)C1CNCCN1C. The molecule has 0 aromatic heterocycles. The Hall–Kier alpha value is -0.970. The summed E-state index contributed by atoms with van der Waals surface area (Å²) >= 11 is 0. The first kappa shape index (κ1) is 13.5. The van der Waals surface area contributed by atoms with Crippen LogP contribution in [0.1, 0.15) is 11.6 Å². The monoisotopic (exact) mass is 251 g/mol. The van der Waals surface area contributed by atoms with Crippen molar-refractivity contribution in [1.29, 1.82) is 0 Å². The van der Waals surface area contributed by atoms with Crippen LogP contribution in [0.4, 0.5) is 4.39 Å². The molecule has 0 bridgehead atoms. The zero-order valence-electron chi connectivity index (χ0n) is 11.4. The van der Waals surface area contributed by atoms with E-state index in [1.807, 2.05) is 12.1 Å². The molecule has 2 rings (SSSR count). The van der Waals surface area contributed by atoms with E-state index in [1.165, 1.54) is 5.56 Å². The fraction of sp³-hybridized carbons (Fsp3) is 0.571. The summed E-state index contributed by atoms with van der Waals surface area (Å²) in [5, 5.41) is 3.44. The lowest BCUT2D eigenvalue weighted by atomic mass is 9.96. The molecule has 0 spiro atoms. The van der Waals surface area contributed by atoms with E-state index in [1.54, 1.807) is 12.1 Å². The van der Waals surface area contributed by atoms with Crippen LogP contribution < -0.4 is 5.32 Å². The average Bonchev–Trinajstić information content (AvgIpc) is 2.34. The number of hydrogen-bond acceptors (Lipinski definition) is 3. The molecular weight excluding hydrogens is 229 g/mol. The van der Waals surface area contributed by atoms with Crippen molar-refractivity contribution in [3.05, 3.63) is 35.6 Å². The quantitative estimate of drug-likeness (QED) is 0.874. The molecule has 100 valence electrons. The number of nitrogens with zero attached hydrogens (tertiary/aromatic N) is 2. The Labute approximate surface area is 109 Å². The van der Waals surface area contributed by atoms with Crippen molar-refractivity contribution in [1.82, 2.24) is 15.1 Å². The molecule has 1 saturated heterocycles. The van der Waals surface area contributed by atoms with Gasteiger partial charge in [-0.25, -0.2) is 4.39 Å². The largest absolute Gasteiger partial charge is 0.314 e. The number of rotatable bonds is 3. The summed E-state index contributed by atoms with van der Waals surface area (Å²) in [6.45, 7) is 3.06. The van der Waals surface area contributed by atoms with Crippen LogP contribution in [0.15, 0.2) is 24.3 Å². The van der Waals surface area contributed by atoms with Gasteiger partial charge in [0, 0.05) is 25.7 Å². The van der Waals surface area contributed by atoms with E-state index in [0.717, 1.165) is 19.6 Å². The van der Waals surface area contributed by atoms with E-state index in [0.29, 0.717) is 6.04 Å². The summed E-state index contributed by atoms with van der Waals surface area (Å²) in [6, 6.07) is 7.57. The third-order valence-electron chi connectivity index (χ3n) is 3.69. The van der Waals surface area contributed by atoms with Crippen LogP contribution in [0.2, 0.25) is 0 Å². The third kappa shape index (κ3) is 2.88. The van der Waals surface area contributed by atoms with Gasteiger partial charge in [0.1, 0.15) is 5.82 Å². The Morgan fingerprint density at radius 3 is 2.56 bits per heavy atom. The van der Waals surface area contributed by atoms with Gasteiger partial charge in [0.05, 0.1) is 6.04 Å². The van der Waals surface area contributed by atoms with Crippen LogP contribution in [0.3, 0.4) is 0 Å². The van der Waals surface area contributed by atoms with Crippen molar-refractivity contribution in [2.45, 2.75) is 12.1 Å². The van der Waals surface area contributed by atoms with E-state index >= 15 is 0 Å². The second-order valence-corrected chi connectivity index (χ2v) is 5.21. The molecule has 1 N–H and O–H groups in total. The van der Waals surface area contributed by atoms with Crippen molar-refractivity contribution in [2.24, 2.45) is 0 Å². The Kier molecular flexibility index (Phi) is 4.32. The van der Waals surface area contributed by atoms with Gasteiger partial charge in [0.25, 0.3) is 0 Å². The van der Waals surface area contributed by atoms with Crippen LogP contribution >= 0.6 is 0 Å². The highest BCUT2D eigenvalue weighted by molar-refractivity contribution is 5.22. The van der Waals surface area contributed by atoms with Crippen molar-refractivity contribution >= 4 is 0 Å². The maximum Gasteiger partial charge on any atom is 0.123 e. The van der Waals surface area contributed by atoms with Crippen molar-refractivity contribution < 1.29 is 4.39 Å². The normalized spacial score (nSPS) is 23.3. The van der Waals surface area contributed by atoms with Gasteiger partial charge in [-0.2, -0.15) is 0 Å². The predicted molar refractivity (Wildman–Crippen MR) is 72.1 cm³/mol. The molecule has 3 nitrogen and oxygen atoms in total. The van der Waals surface area contributed by atoms with Crippen molar-refractivity contribution in [3.63, 3.8) is 0 Å². The Morgan fingerprint density at radius 1 is 1.33 bits per heavy atom. The molecular formula is C14H22FN3. The van der Waals surface area contributed by atoms with Crippen LogP contribution in [0.5, 0.6) is 0 Å². The van der Waals surface area contributed by atoms with Gasteiger partial charge in [0.2, 0.25) is 0 Å². The van der Waals surface area contributed by atoms with Crippen LogP contribution in [0.25, 0.3) is 0 Å². The maximum atomic E-state index is 13.0. The first-order valence-electron chi connectivity index (χ1n) is 6.42. The molecule has 0 radical (unpaired) electrons. The molecule has 1 aromatic rings. The lowest BCUT2D eigenvalue weighted by molar-refractivity contribution is 0.107. The highest BCUT2D eigenvalue weighted by Crippen LogP contribution is 2.26. The molecule has 1 heterocycles. The summed E-state index contributed by atoms with van der Waals surface area (Å²) in [5.74, 6) is -0.175. The van der Waals surface area contributed by atoms with Crippen molar-refractivity contribution in [2.75, 3.05) is 40.8 Å². The first-order valence-corrected chi connectivity index (χ1v) is 6.42.